The lowest BCUT2D eigenvalue weighted by molar-refractivity contribution is 0.0470. The lowest BCUT2D eigenvalue weighted by Gasteiger charge is -2.49. The summed E-state index contributed by atoms with van der Waals surface area (Å²) in [6, 6.07) is 2.35. The summed E-state index contributed by atoms with van der Waals surface area (Å²) in [4.78, 5) is 0. The predicted octanol–water partition coefficient (Wildman–Crippen LogP) is 2.99. The van der Waals surface area contributed by atoms with Gasteiger partial charge in [0.2, 0.25) is 0 Å². The molecule has 4 heteroatoms. The summed E-state index contributed by atoms with van der Waals surface area (Å²) in [6.07, 6.45) is 2.92. The van der Waals surface area contributed by atoms with Crippen molar-refractivity contribution in [2.24, 2.45) is 17.6 Å². The van der Waals surface area contributed by atoms with Crippen LogP contribution in [0.3, 0.4) is 0 Å². The van der Waals surface area contributed by atoms with E-state index in [-0.39, 0.29) is 22.9 Å². The van der Waals surface area contributed by atoms with Crippen molar-refractivity contribution in [3.63, 3.8) is 0 Å². The van der Waals surface area contributed by atoms with E-state index in [1.54, 1.807) is 0 Å². The second-order valence-corrected chi connectivity index (χ2v) is 5.96. The van der Waals surface area contributed by atoms with Crippen molar-refractivity contribution < 1.29 is 13.5 Å². The summed E-state index contributed by atoms with van der Waals surface area (Å²) in [5.74, 6) is -0.215. The molecule has 1 aliphatic carbocycles. The van der Waals surface area contributed by atoms with Crippen LogP contribution in [0.4, 0.5) is 8.78 Å². The third kappa shape index (κ3) is 1.76. The van der Waals surface area contributed by atoms with Crippen LogP contribution in [-0.4, -0.2) is 13.2 Å². The van der Waals surface area contributed by atoms with Crippen molar-refractivity contribution in [2.45, 2.75) is 31.6 Å². The Morgan fingerprint density at radius 1 is 1.37 bits per heavy atom. The first-order chi connectivity index (χ1) is 9.08. The van der Waals surface area contributed by atoms with Crippen LogP contribution in [0.2, 0.25) is 0 Å². The monoisotopic (exact) mass is 267 g/mol. The fourth-order valence-electron chi connectivity index (χ4n) is 3.93. The van der Waals surface area contributed by atoms with E-state index in [1.165, 1.54) is 6.07 Å². The molecular weight excluding hydrogens is 248 g/mol. The maximum absolute atomic E-state index is 14.2. The van der Waals surface area contributed by atoms with Gasteiger partial charge in [-0.15, -0.1) is 0 Å². The molecule has 2 aliphatic rings. The molecular formula is C15H19F2NO. The number of hydrogen-bond acceptors (Lipinski definition) is 2. The zero-order chi connectivity index (χ0) is 13.6. The molecule has 3 rings (SSSR count). The molecule has 0 aromatic heterocycles. The highest BCUT2D eigenvalue weighted by Gasteiger charge is 2.49. The molecule has 0 spiro atoms. The number of ether oxygens (including phenoxy) is 1. The number of benzene rings is 1. The van der Waals surface area contributed by atoms with Crippen molar-refractivity contribution in [1.29, 1.82) is 0 Å². The smallest absolute Gasteiger partial charge is 0.165 e. The van der Waals surface area contributed by atoms with Crippen molar-refractivity contribution in [2.75, 3.05) is 13.2 Å². The molecule has 1 heterocycles. The number of hydrogen-bond donors (Lipinski definition) is 1. The van der Waals surface area contributed by atoms with Gasteiger partial charge in [0, 0.05) is 16.9 Å². The first kappa shape index (κ1) is 12.9. The summed E-state index contributed by atoms with van der Waals surface area (Å²) in [5, 5.41) is 0. The first-order valence-electron chi connectivity index (χ1n) is 6.89. The van der Waals surface area contributed by atoms with Crippen LogP contribution in [0.25, 0.3) is 0 Å². The Bertz CT molecular complexity index is 505. The third-order valence-electron chi connectivity index (χ3n) is 5.00. The molecule has 1 aromatic carbocycles. The van der Waals surface area contributed by atoms with Crippen LogP contribution < -0.4 is 10.5 Å². The summed E-state index contributed by atoms with van der Waals surface area (Å²) in [7, 11) is 0. The highest BCUT2D eigenvalue weighted by molar-refractivity contribution is 5.44. The minimum Gasteiger partial charge on any atom is -0.490 e. The van der Waals surface area contributed by atoms with E-state index in [0.717, 1.165) is 25.3 Å². The van der Waals surface area contributed by atoms with Gasteiger partial charge in [0.1, 0.15) is 5.82 Å². The maximum atomic E-state index is 14.2. The number of nitrogens with two attached hydrogens (primary N) is 1. The van der Waals surface area contributed by atoms with Crippen molar-refractivity contribution in [1.82, 2.24) is 0 Å². The zero-order valence-electron chi connectivity index (χ0n) is 11.1. The minimum atomic E-state index is -0.467. The van der Waals surface area contributed by atoms with E-state index in [0.29, 0.717) is 24.6 Å². The molecule has 104 valence electrons. The van der Waals surface area contributed by atoms with Crippen LogP contribution in [0.1, 0.15) is 31.7 Å². The normalized spacial score (nSPS) is 33.3. The van der Waals surface area contributed by atoms with Gasteiger partial charge in [-0.25, -0.2) is 8.78 Å². The van der Waals surface area contributed by atoms with Crippen LogP contribution in [0.5, 0.6) is 5.75 Å². The van der Waals surface area contributed by atoms with E-state index in [1.807, 2.05) is 6.92 Å². The molecule has 0 bridgehead atoms. The van der Waals surface area contributed by atoms with Gasteiger partial charge in [0.15, 0.2) is 11.6 Å². The predicted molar refractivity (Wildman–Crippen MR) is 69.1 cm³/mol. The second kappa shape index (κ2) is 4.44. The van der Waals surface area contributed by atoms with Crippen LogP contribution >= 0.6 is 0 Å². The molecule has 0 saturated heterocycles. The number of fused-ring (bicyclic) bond motifs is 3. The molecule has 2 N–H and O–H groups in total. The van der Waals surface area contributed by atoms with Crippen molar-refractivity contribution in [3.8, 4) is 5.75 Å². The minimum absolute atomic E-state index is 0.108. The molecule has 2 nitrogen and oxygen atoms in total. The van der Waals surface area contributed by atoms with Gasteiger partial charge in [-0.3, -0.25) is 0 Å². The SMILES string of the molecule is C[C@@]12CCC[C@@H](CN)C1COc1c(F)ccc(F)c12. The first-order valence-corrected chi connectivity index (χ1v) is 6.89. The lowest BCUT2D eigenvalue weighted by Crippen LogP contribution is -2.49. The average Bonchev–Trinajstić information content (AvgIpc) is 2.40. The van der Waals surface area contributed by atoms with Crippen LogP contribution in [0.15, 0.2) is 12.1 Å². The summed E-state index contributed by atoms with van der Waals surface area (Å²) in [5.41, 5.74) is 5.89. The van der Waals surface area contributed by atoms with E-state index < -0.39 is 5.82 Å². The topological polar surface area (TPSA) is 35.2 Å². The summed E-state index contributed by atoms with van der Waals surface area (Å²) >= 11 is 0. The van der Waals surface area contributed by atoms with Crippen molar-refractivity contribution in [3.05, 3.63) is 29.3 Å². The van der Waals surface area contributed by atoms with Gasteiger partial charge >= 0.3 is 0 Å². The maximum Gasteiger partial charge on any atom is 0.165 e. The summed E-state index contributed by atoms with van der Waals surface area (Å²) < 4.78 is 33.6. The Morgan fingerprint density at radius 3 is 2.84 bits per heavy atom. The van der Waals surface area contributed by atoms with Gasteiger partial charge in [-0.05, 0) is 37.4 Å². The molecule has 1 aliphatic heterocycles. The van der Waals surface area contributed by atoms with E-state index in [2.05, 4.69) is 0 Å². The standard InChI is InChI=1S/C15H19F2NO/c1-15-6-2-3-9(7-18)10(15)8-19-14-12(17)5-4-11(16)13(14)15/h4-5,9-10H,2-3,6-8,18H2,1H3/t9-,10?,15+/m0/s1. The fourth-order valence-corrected chi connectivity index (χ4v) is 3.93. The van der Waals surface area contributed by atoms with Gasteiger partial charge in [0.05, 0.1) is 6.61 Å². The highest BCUT2D eigenvalue weighted by Crippen LogP contribution is 2.52. The Balaban J connectivity index is 2.14. The largest absolute Gasteiger partial charge is 0.490 e. The third-order valence-corrected chi connectivity index (χ3v) is 5.00. The Kier molecular flexibility index (Phi) is 3.01. The lowest BCUT2D eigenvalue weighted by atomic mass is 9.58. The Labute approximate surface area is 111 Å². The van der Waals surface area contributed by atoms with E-state index >= 15 is 0 Å². The molecule has 0 amide bonds. The van der Waals surface area contributed by atoms with Crippen LogP contribution in [0, 0.1) is 23.5 Å². The van der Waals surface area contributed by atoms with Gasteiger partial charge < -0.3 is 10.5 Å². The fraction of sp³-hybridized carbons (Fsp3) is 0.600. The van der Waals surface area contributed by atoms with Gasteiger partial charge in [-0.2, -0.15) is 0 Å². The van der Waals surface area contributed by atoms with Gasteiger partial charge in [-0.1, -0.05) is 13.3 Å². The highest BCUT2D eigenvalue weighted by atomic mass is 19.1. The molecule has 1 fully saturated rings. The molecule has 1 aromatic rings. The summed E-state index contributed by atoms with van der Waals surface area (Å²) in [6.45, 7) is 3.05. The van der Waals surface area contributed by atoms with E-state index in [4.69, 9.17) is 10.5 Å². The second-order valence-electron chi connectivity index (χ2n) is 5.96. The van der Waals surface area contributed by atoms with Gasteiger partial charge in [0.25, 0.3) is 0 Å². The zero-order valence-corrected chi connectivity index (χ0v) is 11.1. The quantitative estimate of drug-likeness (QED) is 0.849. The van der Waals surface area contributed by atoms with Crippen LogP contribution in [-0.2, 0) is 5.41 Å². The Hall–Kier alpha value is -1.16. The molecule has 1 saturated carbocycles. The molecule has 19 heavy (non-hydrogen) atoms. The molecule has 3 atom stereocenters. The number of halogens is 2. The number of rotatable bonds is 1. The molecule has 1 unspecified atom stereocenters. The van der Waals surface area contributed by atoms with E-state index in [9.17, 15) is 8.78 Å². The molecule has 0 radical (unpaired) electrons. The average molecular weight is 267 g/mol. The Morgan fingerprint density at radius 2 is 2.11 bits per heavy atom. The van der Waals surface area contributed by atoms with Crippen molar-refractivity contribution >= 4 is 0 Å².